The Labute approximate surface area is 153 Å². The molecule has 0 aliphatic carbocycles. The first-order valence-corrected chi connectivity index (χ1v) is 7.31. The monoisotopic (exact) mass is 431 g/mol. The Morgan fingerprint density at radius 2 is 2.09 bits per heavy atom. The first kappa shape index (κ1) is 19.4. The predicted molar refractivity (Wildman–Crippen MR) is 103 cm³/mol. The highest BCUT2D eigenvalue weighted by molar-refractivity contribution is 14.0. The van der Waals surface area contributed by atoms with Gasteiger partial charge in [-0.1, -0.05) is 30.3 Å². The van der Waals surface area contributed by atoms with Crippen LogP contribution in [-0.2, 0) is 6.54 Å². The van der Waals surface area contributed by atoms with Crippen molar-refractivity contribution in [3.05, 3.63) is 42.4 Å². The third-order valence-corrected chi connectivity index (χ3v) is 3.27. The van der Waals surface area contributed by atoms with E-state index in [-0.39, 0.29) is 30.7 Å². The maximum absolute atomic E-state index is 12.2. The van der Waals surface area contributed by atoms with Crippen LogP contribution in [0.25, 0.3) is 11.3 Å². The number of halogens is 2. The van der Waals surface area contributed by atoms with Crippen LogP contribution in [-0.4, -0.2) is 48.1 Å². The summed E-state index contributed by atoms with van der Waals surface area (Å²) in [6, 6.07) is 10.1. The van der Waals surface area contributed by atoms with Gasteiger partial charge < -0.3 is 15.2 Å². The normalized spacial score (nSPS) is 11.0. The van der Waals surface area contributed by atoms with Gasteiger partial charge in [0.2, 0.25) is 0 Å². The van der Waals surface area contributed by atoms with E-state index in [0.29, 0.717) is 19.5 Å². The SMILES string of the molecule is CN=C(NCCCF)N(C)Cc1ncc(-c2ccccc2)[nH]1.I. The third kappa shape index (κ3) is 5.81. The van der Waals surface area contributed by atoms with Crippen LogP contribution in [0, 0.1) is 0 Å². The van der Waals surface area contributed by atoms with Gasteiger partial charge in [0.15, 0.2) is 5.96 Å². The van der Waals surface area contributed by atoms with Gasteiger partial charge in [-0.25, -0.2) is 4.98 Å². The van der Waals surface area contributed by atoms with Gasteiger partial charge in [0, 0.05) is 20.6 Å². The van der Waals surface area contributed by atoms with Gasteiger partial charge in [0.1, 0.15) is 5.82 Å². The molecule has 1 aromatic carbocycles. The fraction of sp³-hybridized carbons (Fsp3) is 0.375. The molecule has 1 aromatic heterocycles. The van der Waals surface area contributed by atoms with Crippen molar-refractivity contribution >= 4 is 29.9 Å². The molecule has 0 atom stereocenters. The predicted octanol–water partition coefficient (Wildman–Crippen LogP) is 3.06. The minimum absolute atomic E-state index is 0. The largest absolute Gasteiger partial charge is 0.356 e. The fourth-order valence-electron chi connectivity index (χ4n) is 2.16. The van der Waals surface area contributed by atoms with E-state index in [0.717, 1.165) is 23.0 Å². The molecule has 0 amide bonds. The number of aromatic nitrogens is 2. The first-order valence-electron chi connectivity index (χ1n) is 7.31. The van der Waals surface area contributed by atoms with E-state index in [1.54, 1.807) is 7.05 Å². The van der Waals surface area contributed by atoms with Crippen LogP contribution in [0.1, 0.15) is 12.2 Å². The summed E-state index contributed by atoms with van der Waals surface area (Å²) in [7, 11) is 3.64. The molecule has 2 N–H and O–H groups in total. The molecule has 5 nitrogen and oxygen atoms in total. The van der Waals surface area contributed by atoms with Crippen molar-refractivity contribution in [2.75, 3.05) is 27.3 Å². The highest BCUT2D eigenvalue weighted by atomic mass is 127. The van der Waals surface area contributed by atoms with Gasteiger partial charge in [0.25, 0.3) is 0 Å². The lowest BCUT2D eigenvalue weighted by atomic mass is 10.2. The summed E-state index contributed by atoms with van der Waals surface area (Å²) in [5.41, 5.74) is 2.10. The molecule has 0 fully saturated rings. The summed E-state index contributed by atoms with van der Waals surface area (Å²) in [5.74, 6) is 1.58. The van der Waals surface area contributed by atoms with Crippen LogP contribution in [0.5, 0.6) is 0 Å². The number of nitrogens with zero attached hydrogens (tertiary/aromatic N) is 3. The smallest absolute Gasteiger partial charge is 0.193 e. The molecule has 1 heterocycles. The van der Waals surface area contributed by atoms with E-state index < -0.39 is 0 Å². The molecule has 0 saturated carbocycles. The van der Waals surface area contributed by atoms with Crippen molar-refractivity contribution in [2.24, 2.45) is 4.99 Å². The lowest BCUT2D eigenvalue weighted by Gasteiger charge is -2.20. The maximum atomic E-state index is 12.2. The van der Waals surface area contributed by atoms with Gasteiger partial charge >= 0.3 is 0 Å². The zero-order valence-electron chi connectivity index (χ0n) is 13.4. The number of aliphatic imine (C=N–C) groups is 1. The zero-order chi connectivity index (χ0) is 15.8. The maximum Gasteiger partial charge on any atom is 0.193 e. The van der Waals surface area contributed by atoms with Gasteiger partial charge in [0.05, 0.1) is 25.1 Å². The number of H-pyrrole nitrogens is 1. The fourth-order valence-corrected chi connectivity index (χ4v) is 2.16. The van der Waals surface area contributed by atoms with Crippen LogP contribution in [0.15, 0.2) is 41.5 Å². The number of aromatic amines is 1. The van der Waals surface area contributed by atoms with E-state index in [1.807, 2.05) is 48.5 Å². The summed E-state index contributed by atoms with van der Waals surface area (Å²) in [5, 5.41) is 3.12. The Balaban J connectivity index is 0.00000264. The molecule has 0 unspecified atom stereocenters. The van der Waals surface area contributed by atoms with Crippen molar-refractivity contribution < 1.29 is 4.39 Å². The number of guanidine groups is 1. The molecule has 0 aliphatic heterocycles. The van der Waals surface area contributed by atoms with E-state index in [2.05, 4.69) is 20.3 Å². The Bertz CT molecular complexity index is 600. The number of hydrogen-bond acceptors (Lipinski definition) is 2. The molecule has 0 saturated heterocycles. The number of benzene rings is 1. The molecule has 7 heteroatoms. The second kappa shape index (κ2) is 10.2. The molecule has 0 spiro atoms. The van der Waals surface area contributed by atoms with Gasteiger partial charge in [-0.05, 0) is 12.0 Å². The lowest BCUT2D eigenvalue weighted by Crippen LogP contribution is -2.39. The van der Waals surface area contributed by atoms with Crippen LogP contribution in [0.3, 0.4) is 0 Å². The van der Waals surface area contributed by atoms with Crippen LogP contribution in [0.4, 0.5) is 4.39 Å². The number of nitrogens with one attached hydrogen (secondary N) is 2. The Hall–Kier alpha value is -1.64. The second-order valence-corrected chi connectivity index (χ2v) is 4.98. The summed E-state index contributed by atoms with van der Waals surface area (Å²) in [6.07, 6.45) is 2.31. The molecule has 0 radical (unpaired) electrons. The minimum Gasteiger partial charge on any atom is -0.356 e. The molecule has 126 valence electrons. The van der Waals surface area contributed by atoms with Crippen LogP contribution < -0.4 is 5.32 Å². The summed E-state index contributed by atoms with van der Waals surface area (Å²) in [6.45, 7) is 0.843. The average molecular weight is 431 g/mol. The minimum atomic E-state index is -0.327. The molecule has 0 aliphatic rings. The molecule has 23 heavy (non-hydrogen) atoms. The Morgan fingerprint density at radius 3 is 2.74 bits per heavy atom. The van der Waals surface area contributed by atoms with E-state index in [9.17, 15) is 4.39 Å². The standard InChI is InChI=1S/C16H22FN5.HI/c1-18-16(19-10-6-9-17)22(2)12-15-20-11-14(21-15)13-7-4-3-5-8-13;/h3-5,7-8,11H,6,9-10,12H2,1-2H3,(H,18,19)(H,20,21);1H. The third-order valence-electron chi connectivity index (χ3n) is 3.27. The van der Waals surface area contributed by atoms with E-state index >= 15 is 0 Å². The molecular weight excluding hydrogens is 408 g/mol. The second-order valence-electron chi connectivity index (χ2n) is 4.98. The van der Waals surface area contributed by atoms with Crippen molar-refractivity contribution in [1.82, 2.24) is 20.2 Å². The Kier molecular flexibility index (Phi) is 8.60. The Morgan fingerprint density at radius 1 is 1.35 bits per heavy atom. The first-order chi connectivity index (χ1) is 10.7. The highest BCUT2D eigenvalue weighted by Gasteiger charge is 2.09. The number of rotatable bonds is 6. The van der Waals surface area contributed by atoms with Crippen molar-refractivity contribution in [2.45, 2.75) is 13.0 Å². The average Bonchev–Trinajstić information content (AvgIpc) is 3.01. The molecular formula is C16H23FIN5. The molecule has 2 rings (SSSR count). The zero-order valence-corrected chi connectivity index (χ0v) is 15.8. The molecule has 0 bridgehead atoms. The topological polar surface area (TPSA) is 56.3 Å². The summed E-state index contributed by atoms with van der Waals surface area (Å²) in [4.78, 5) is 13.9. The van der Waals surface area contributed by atoms with Gasteiger partial charge in [-0.2, -0.15) is 0 Å². The molecule has 2 aromatic rings. The number of alkyl halides is 1. The van der Waals surface area contributed by atoms with E-state index in [1.165, 1.54) is 0 Å². The number of hydrogen-bond donors (Lipinski definition) is 2. The van der Waals surface area contributed by atoms with Gasteiger partial charge in [-0.15, -0.1) is 24.0 Å². The van der Waals surface area contributed by atoms with Crippen LogP contribution in [0.2, 0.25) is 0 Å². The summed E-state index contributed by atoms with van der Waals surface area (Å²) >= 11 is 0. The van der Waals surface area contributed by atoms with Crippen LogP contribution >= 0.6 is 24.0 Å². The van der Waals surface area contributed by atoms with E-state index in [4.69, 9.17) is 0 Å². The number of imidazole rings is 1. The van der Waals surface area contributed by atoms with Gasteiger partial charge in [-0.3, -0.25) is 9.38 Å². The summed E-state index contributed by atoms with van der Waals surface area (Å²) < 4.78 is 12.2. The van der Waals surface area contributed by atoms with Crippen molar-refractivity contribution in [3.8, 4) is 11.3 Å². The lowest BCUT2D eigenvalue weighted by molar-refractivity contribution is 0.445. The highest BCUT2D eigenvalue weighted by Crippen LogP contribution is 2.16. The quantitative estimate of drug-likeness (QED) is 0.320. The van der Waals surface area contributed by atoms with Crippen molar-refractivity contribution in [1.29, 1.82) is 0 Å². The van der Waals surface area contributed by atoms with Crippen molar-refractivity contribution in [3.63, 3.8) is 0 Å².